The summed E-state index contributed by atoms with van der Waals surface area (Å²) in [7, 11) is 0. The third-order valence-electron chi connectivity index (χ3n) is 5.00. The number of aromatic nitrogens is 1. The molecule has 2 aromatic rings. The molecule has 114 valence electrons. The molecule has 1 aromatic heterocycles. The molecule has 0 fully saturated rings. The zero-order chi connectivity index (χ0) is 14.9. The summed E-state index contributed by atoms with van der Waals surface area (Å²) in [5, 5.41) is 3.64. The maximum atomic E-state index is 6.23. The highest BCUT2D eigenvalue weighted by Crippen LogP contribution is 2.27. The molecular weight excluding hydrogens is 270 g/mol. The fraction of sp³-hybridized carbons (Fsp3) is 0.421. The first-order valence-electron chi connectivity index (χ1n) is 8.34. The molecule has 0 amide bonds. The third kappa shape index (κ3) is 2.67. The van der Waals surface area contributed by atoms with Crippen molar-refractivity contribution in [1.82, 2.24) is 10.3 Å². The van der Waals surface area contributed by atoms with Crippen LogP contribution in [0.3, 0.4) is 0 Å². The van der Waals surface area contributed by atoms with E-state index in [1.807, 2.05) is 0 Å². The topological polar surface area (TPSA) is 50.9 Å². The van der Waals surface area contributed by atoms with E-state index in [9.17, 15) is 0 Å². The van der Waals surface area contributed by atoms with Crippen LogP contribution in [0.2, 0.25) is 0 Å². The van der Waals surface area contributed by atoms with Gasteiger partial charge in [0.2, 0.25) is 0 Å². The van der Waals surface area contributed by atoms with Crippen LogP contribution >= 0.6 is 0 Å². The minimum Gasteiger partial charge on any atom is -0.323 e. The predicted octanol–water partition coefficient (Wildman–Crippen LogP) is 2.67. The highest BCUT2D eigenvalue weighted by Gasteiger charge is 2.21. The number of hydrogen-bond acceptors (Lipinski definition) is 3. The van der Waals surface area contributed by atoms with Crippen LogP contribution in [-0.4, -0.2) is 11.0 Å². The van der Waals surface area contributed by atoms with Crippen LogP contribution in [0.5, 0.6) is 0 Å². The van der Waals surface area contributed by atoms with Crippen molar-refractivity contribution < 1.29 is 0 Å². The molecule has 22 heavy (non-hydrogen) atoms. The normalized spacial score (nSPS) is 23.7. The second-order valence-corrected chi connectivity index (χ2v) is 6.60. The van der Waals surface area contributed by atoms with Gasteiger partial charge in [-0.1, -0.05) is 30.3 Å². The van der Waals surface area contributed by atoms with Crippen LogP contribution in [0.25, 0.3) is 0 Å². The van der Waals surface area contributed by atoms with Crippen molar-refractivity contribution in [3.8, 4) is 0 Å². The fourth-order valence-electron chi connectivity index (χ4n) is 3.76. The SMILES string of the molecule is NC1CCCc2ccc(C[C@H]3Cc4ccccc4CN3)nc21. The Hall–Kier alpha value is -1.71. The van der Waals surface area contributed by atoms with Gasteiger partial charge in [0.25, 0.3) is 0 Å². The highest BCUT2D eigenvalue weighted by atomic mass is 14.9. The van der Waals surface area contributed by atoms with E-state index in [1.165, 1.54) is 28.8 Å². The van der Waals surface area contributed by atoms with Gasteiger partial charge in [-0.3, -0.25) is 4.98 Å². The van der Waals surface area contributed by atoms with Crippen molar-refractivity contribution >= 4 is 0 Å². The zero-order valence-corrected chi connectivity index (χ0v) is 12.9. The van der Waals surface area contributed by atoms with Gasteiger partial charge in [-0.25, -0.2) is 0 Å². The van der Waals surface area contributed by atoms with E-state index in [4.69, 9.17) is 10.7 Å². The standard InChI is InChI=1S/C19H23N3/c20-18-7-3-6-13-8-9-16(22-19(13)18)11-17-10-14-4-1-2-5-15(14)12-21-17/h1-2,4-5,8-9,17-18,21H,3,6-7,10-12,20H2/t17-,18?/m1/s1. The molecule has 3 heteroatoms. The first-order chi connectivity index (χ1) is 10.8. The van der Waals surface area contributed by atoms with Crippen molar-refractivity contribution in [1.29, 1.82) is 0 Å². The fourth-order valence-corrected chi connectivity index (χ4v) is 3.76. The molecule has 2 aliphatic rings. The van der Waals surface area contributed by atoms with Gasteiger partial charge in [-0.05, 0) is 48.4 Å². The Morgan fingerprint density at radius 1 is 1.09 bits per heavy atom. The molecule has 1 aliphatic heterocycles. The lowest BCUT2D eigenvalue weighted by Gasteiger charge is -2.27. The Kier molecular flexibility index (Phi) is 3.68. The Labute approximate surface area is 132 Å². The molecule has 0 saturated carbocycles. The third-order valence-corrected chi connectivity index (χ3v) is 5.00. The van der Waals surface area contributed by atoms with E-state index < -0.39 is 0 Å². The number of nitrogens with two attached hydrogens (primary N) is 1. The molecule has 3 N–H and O–H groups in total. The molecule has 0 saturated heterocycles. The van der Waals surface area contributed by atoms with Crippen molar-refractivity contribution in [2.45, 2.75) is 50.7 Å². The quantitative estimate of drug-likeness (QED) is 0.895. The lowest BCUT2D eigenvalue weighted by molar-refractivity contribution is 0.470. The smallest absolute Gasteiger partial charge is 0.0606 e. The largest absolute Gasteiger partial charge is 0.323 e. The maximum Gasteiger partial charge on any atom is 0.0606 e. The molecule has 2 atom stereocenters. The van der Waals surface area contributed by atoms with Gasteiger partial charge in [-0.15, -0.1) is 0 Å². The van der Waals surface area contributed by atoms with Gasteiger partial charge in [0.15, 0.2) is 0 Å². The predicted molar refractivity (Wildman–Crippen MR) is 88.6 cm³/mol. The molecule has 1 aliphatic carbocycles. The van der Waals surface area contributed by atoms with E-state index in [0.29, 0.717) is 6.04 Å². The Bertz CT molecular complexity index is 680. The number of aryl methyl sites for hydroxylation is 1. The molecule has 3 nitrogen and oxygen atoms in total. The molecule has 0 bridgehead atoms. The Morgan fingerprint density at radius 3 is 2.86 bits per heavy atom. The molecule has 2 heterocycles. The number of fused-ring (bicyclic) bond motifs is 2. The summed E-state index contributed by atoms with van der Waals surface area (Å²) in [6.07, 6.45) is 5.45. The van der Waals surface area contributed by atoms with Crippen molar-refractivity contribution in [2.24, 2.45) is 5.73 Å². The van der Waals surface area contributed by atoms with E-state index in [2.05, 4.69) is 41.7 Å². The van der Waals surface area contributed by atoms with Crippen LogP contribution in [0, 0.1) is 0 Å². The number of nitrogens with zero attached hydrogens (tertiary/aromatic N) is 1. The number of rotatable bonds is 2. The van der Waals surface area contributed by atoms with Gasteiger partial charge in [0.05, 0.1) is 5.69 Å². The van der Waals surface area contributed by atoms with E-state index >= 15 is 0 Å². The highest BCUT2D eigenvalue weighted by molar-refractivity contribution is 5.31. The molecular formula is C19H23N3. The van der Waals surface area contributed by atoms with Gasteiger partial charge in [0.1, 0.15) is 0 Å². The van der Waals surface area contributed by atoms with Crippen molar-refractivity contribution in [2.75, 3.05) is 0 Å². The minimum absolute atomic E-state index is 0.128. The van der Waals surface area contributed by atoms with Gasteiger partial charge in [0, 0.05) is 30.7 Å². The Balaban J connectivity index is 1.51. The summed E-state index contributed by atoms with van der Waals surface area (Å²) in [4.78, 5) is 4.88. The summed E-state index contributed by atoms with van der Waals surface area (Å²) in [6.45, 7) is 0.964. The molecule has 0 spiro atoms. The number of pyridine rings is 1. The van der Waals surface area contributed by atoms with Gasteiger partial charge < -0.3 is 11.1 Å². The van der Waals surface area contributed by atoms with Crippen molar-refractivity contribution in [3.63, 3.8) is 0 Å². The second kappa shape index (κ2) is 5.82. The summed E-state index contributed by atoms with van der Waals surface area (Å²) >= 11 is 0. The van der Waals surface area contributed by atoms with Crippen LogP contribution in [0.4, 0.5) is 0 Å². The summed E-state index contributed by atoms with van der Waals surface area (Å²) in [5.41, 5.74) is 12.8. The Morgan fingerprint density at radius 2 is 1.95 bits per heavy atom. The monoisotopic (exact) mass is 293 g/mol. The molecule has 0 radical (unpaired) electrons. The van der Waals surface area contributed by atoms with Crippen LogP contribution < -0.4 is 11.1 Å². The number of hydrogen-bond donors (Lipinski definition) is 2. The maximum absolute atomic E-state index is 6.23. The summed E-state index contributed by atoms with van der Waals surface area (Å²) < 4.78 is 0. The van der Waals surface area contributed by atoms with E-state index in [1.54, 1.807) is 0 Å². The van der Waals surface area contributed by atoms with Gasteiger partial charge >= 0.3 is 0 Å². The first kappa shape index (κ1) is 13.9. The van der Waals surface area contributed by atoms with Crippen LogP contribution in [0.1, 0.15) is 47.0 Å². The zero-order valence-electron chi connectivity index (χ0n) is 12.9. The van der Waals surface area contributed by atoms with Crippen LogP contribution in [0.15, 0.2) is 36.4 Å². The van der Waals surface area contributed by atoms with Crippen molar-refractivity contribution in [3.05, 3.63) is 64.5 Å². The van der Waals surface area contributed by atoms with E-state index in [-0.39, 0.29) is 6.04 Å². The summed E-state index contributed by atoms with van der Waals surface area (Å²) in [6, 6.07) is 13.8. The first-order valence-corrected chi connectivity index (χ1v) is 8.34. The molecule has 4 rings (SSSR count). The number of nitrogens with one attached hydrogen (secondary N) is 1. The average Bonchev–Trinajstić information content (AvgIpc) is 2.56. The minimum atomic E-state index is 0.128. The molecule has 1 unspecified atom stereocenters. The average molecular weight is 293 g/mol. The van der Waals surface area contributed by atoms with E-state index in [0.717, 1.165) is 37.9 Å². The lowest BCUT2D eigenvalue weighted by atomic mass is 9.90. The van der Waals surface area contributed by atoms with Crippen LogP contribution in [-0.2, 0) is 25.8 Å². The summed E-state index contributed by atoms with van der Waals surface area (Å²) in [5.74, 6) is 0. The van der Waals surface area contributed by atoms with Gasteiger partial charge in [-0.2, -0.15) is 0 Å². The second-order valence-electron chi connectivity index (χ2n) is 6.60. The number of benzene rings is 1. The molecule has 1 aromatic carbocycles. The lowest BCUT2D eigenvalue weighted by Crippen LogP contribution is -2.37.